The van der Waals surface area contributed by atoms with E-state index in [0.29, 0.717) is 16.9 Å². The summed E-state index contributed by atoms with van der Waals surface area (Å²) in [7, 11) is 0. The Morgan fingerprint density at radius 2 is 1.87 bits per heavy atom. The first-order chi connectivity index (χ1) is 14.5. The lowest BCUT2D eigenvalue weighted by molar-refractivity contribution is 0.0732. The number of hydrogen-bond donors (Lipinski definition) is 0. The Kier molecular flexibility index (Phi) is 5.19. The lowest BCUT2D eigenvalue weighted by Crippen LogP contribution is -2.09. The first kappa shape index (κ1) is 19.6. The van der Waals surface area contributed by atoms with Gasteiger partial charge in [0, 0.05) is 5.56 Å². The molecule has 0 spiro atoms. The summed E-state index contributed by atoms with van der Waals surface area (Å²) in [6.07, 6.45) is 2.63. The largest absolute Gasteiger partial charge is 0.452 e. The molecule has 5 heteroatoms. The first-order valence-electron chi connectivity index (χ1n) is 9.61. The van der Waals surface area contributed by atoms with E-state index in [2.05, 4.69) is 6.92 Å². The monoisotopic (exact) mass is 402 g/mol. The summed E-state index contributed by atoms with van der Waals surface area (Å²) in [5.41, 5.74) is 3.10. The van der Waals surface area contributed by atoms with Crippen LogP contribution in [0.15, 0.2) is 66.4 Å². The summed E-state index contributed by atoms with van der Waals surface area (Å²) in [5, 5.41) is 0. The van der Waals surface area contributed by atoms with Crippen molar-refractivity contribution in [2.75, 3.05) is 0 Å². The molecule has 1 aliphatic heterocycles. The summed E-state index contributed by atoms with van der Waals surface area (Å²) < 4.78 is 24.6. The number of fused-ring (bicyclic) bond motifs is 1. The van der Waals surface area contributed by atoms with Gasteiger partial charge in [0.05, 0.1) is 11.1 Å². The lowest BCUT2D eigenvalue weighted by atomic mass is 10.0. The van der Waals surface area contributed by atoms with Crippen LogP contribution in [-0.4, -0.2) is 11.8 Å². The van der Waals surface area contributed by atoms with Gasteiger partial charge in [-0.25, -0.2) is 9.18 Å². The van der Waals surface area contributed by atoms with Gasteiger partial charge < -0.3 is 9.47 Å². The molecule has 150 valence electrons. The van der Waals surface area contributed by atoms with E-state index in [0.717, 1.165) is 18.1 Å². The normalized spacial score (nSPS) is 13.8. The van der Waals surface area contributed by atoms with Crippen molar-refractivity contribution in [1.29, 1.82) is 0 Å². The Bertz CT molecular complexity index is 1180. The summed E-state index contributed by atoms with van der Waals surface area (Å²) in [4.78, 5) is 25.1. The second-order valence-electron chi connectivity index (χ2n) is 7.00. The summed E-state index contributed by atoms with van der Waals surface area (Å²) in [5.74, 6) is -0.605. The highest BCUT2D eigenvalue weighted by Crippen LogP contribution is 2.39. The average Bonchev–Trinajstić information content (AvgIpc) is 3.07. The molecule has 0 atom stereocenters. The van der Waals surface area contributed by atoms with Crippen LogP contribution < -0.4 is 9.47 Å². The minimum Gasteiger partial charge on any atom is -0.452 e. The van der Waals surface area contributed by atoms with Gasteiger partial charge in [-0.05, 0) is 60.9 Å². The predicted octanol–water partition coefficient (Wildman–Crippen LogP) is 5.53. The molecule has 0 aliphatic carbocycles. The summed E-state index contributed by atoms with van der Waals surface area (Å²) in [6.45, 7) is 3.79. The van der Waals surface area contributed by atoms with Gasteiger partial charge in [0.2, 0.25) is 5.78 Å². The number of carbonyl (C=O) groups is 2. The predicted molar refractivity (Wildman–Crippen MR) is 111 cm³/mol. The smallest absolute Gasteiger partial charge is 0.343 e. The van der Waals surface area contributed by atoms with Gasteiger partial charge in [-0.3, -0.25) is 4.79 Å². The minimum atomic E-state index is -0.686. The maximum absolute atomic E-state index is 13.4. The van der Waals surface area contributed by atoms with Crippen LogP contribution in [0.2, 0.25) is 0 Å². The number of aryl methyl sites for hydroxylation is 1. The Balaban J connectivity index is 1.59. The number of rotatable bonds is 4. The number of allylic oxidation sites excluding steroid dienone is 1. The molecule has 0 radical (unpaired) electrons. The Morgan fingerprint density at radius 3 is 2.57 bits per heavy atom. The van der Waals surface area contributed by atoms with Gasteiger partial charge in [-0.15, -0.1) is 0 Å². The number of esters is 1. The third-order valence-electron chi connectivity index (χ3n) is 4.99. The molecule has 0 bridgehead atoms. The van der Waals surface area contributed by atoms with Crippen LogP contribution in [0, 0.1) is 12.7 Å². The molecule has 3 aromatic carbocycles. The fourth-order valence-corrected chi connectivity index (χ4v) is 3.25. The zero-order valence-corrected chi connectivity index (χ0v) is 16.6. The number of Topliss-reactive ketones (excluding diaryl/α,β-unsaturated/α-hetero) is 1. The molecule has 1 heterocycles. The summed E-state index contributed by atoms with van der Waals surface area (Å²) in [6, 6.07) is 16.3. The van der Waals surface area contributed by atoms with E-state index in [4.69, 9.17) is 9.47 Å². The van der Waals surface area contributed by atoms with E-state index in [-0.39, 0.29) is 22.9 Å². The van der Waals surface area contributed by atoms with Gasteiger partial charge in [0.25, 0.3) is 0 Å². The van der Waals surface area contributed by atoms with Crippen molar-refractivity contribution in [2.45, 2.75) is 20.3 Å². The highest BCUT2D eigenvalue weighted by molar-refractivity contribution is 6.15. The fraction of sp³-hybridized carbons (Fsp3) is 0.120. The van der Waals surface area contributed by atoms with Crippen molar-refractivity contribution in [3.8, 4) is 11.5 Å². The van der Waals surface area contributed by atoms with Crippen LogP contribution in [0.1, 0.15) is 44.3 Å². The van der Waals surface area contributed by atoms with Crippen molar-refractivity contribution in [2.24, 2.45) is 0 Å². The van der Waals surface area contributed by atoms with Gasteiger partial charge in [-0.2, -0.15) is 0 Å². The van der Waals surface area contributed by atoms with Gasteiger partial charge in [0.15, 0.2) is 5.76 Å². The van der Waals surface area contributed by atoms with Crippen LogP contribution in [0.25, 0.3) is 6.08 Å². The molecule has 0 saturated heterocycles. The molecule has 1 aliphatic rings. The van der Waals surface area contributed by atoms with Crippen molar-refractivity contribution < 1.29 is 23.5 Å². The topological polar surface area (TPSA) is 52.6 Å². The van der Waals surface area contributed by atoms with E-state index in [1.54, 1.807) is 25.1 Å². The number of halogens is 1. The molecule has 0 unspecified atom stereocenters. The van der Waals surface area contributed by atoms with Gasteiger partial charge in [0.1, 0.15) is 17.3 Å². The first-order valence-corrected chi connectivity index (χ1v) is 9.61. The third kappa shape index (κ3) is 3.74. The van der Waals surface area contributed by atoms with Crippen LogP contribution >= 0.6 is 0 Å². The molecule has 0 N–H and O–H groups in total. The highest BCUT2D eigenvalue weighted by Gasteiger charge is 2.30. The minimum absolute atomic E-state index is 0.100. The van der Waals surface area contributed by atoms with E-state index in [9.17, 15) is 14.0 Å². The van der Waals surface area contributed by atoms with Crippen molar-refractivity contribution in [3.05, 3.63) is 100 Å². The number of ether oxygens (including phenoxy) is 2. The maximum Gasteiger partial charge on any atom is 0.343 e. The maximum atomic E-state index is 13.4. The number of carbonyl (C=O) groups excluding carboxylic acids is 2. The number of ketones is 1. The molecule has 30 heavy (non-hydrogen) atoms. The quantitative estimate of drug-likeness (QED) is 0.327. The zero-order valence-electron chi connectivity index (χ0n) is 16.6. The highest BCUT2D eigenvalue weighted by atomic mass is 19.1. The Morgan fingerprint density at radius 1 is 1.10 bits per heavy atom. The van der Waals surface area contributed by atoms with Gasteiger partial charge >= 0.3 is 5.97 Å². The molecule has 0 amide bonds. The lowest BCUT2D eigenvalue weighted by Gasteiger charge is -2.10. The molecule has 0 saturated carbocycles. The molecule has 4 rings (SSSR count). The van der Waals surface area contributed by atoms with Crippen LogP contribution in [-0.2, 0) is 6.42 Å². The molecule has 4 nitrogen and oxygen atoms in total. The van der Waals surface area contributed by atoms with Crippen molar-refractivity contribution in [1.82, 2.24) is 0 Å². The van der Waals surface area contributed by atoms with Crippen LogP contribution in [0.3, 0.4) is 0 Å². The average molecular weight is 402 g/mol. The van der Waals surface area contributed by atoms with Gasteiger partial charge in [-0.1, -0.05) is 37.3 Å². The standard InChI is InChI=1S/C25H19FO4/c1-3-16-7-9-17(10-8-16)13-22-23(27)20-11-12-21(15(2)24(20)29-22)30-25(28)18-5-4-6-19(26)14-18/h4-14H,3H2,1-2H3/b22-13-. The fourth-order valence-electron chi connectivity index (χ4n) is 3.25. The molecular weight excluding hydrogens is 383 g/mol. The second kappa shape index (κ2) is 7.95. The van der Waals surface area contributed by atoms with E-state index in [1.165, 1.54) is 23.8 Å². The molecule has 0 fully saturated rings. The molecule has 3 aromatic rings. The second-order valence-corrected chi connectivity index (χ2v) is 7.00. The summed E-state index contributed by atoms with van der Waals surface area (Å²) >= 11 is 0. The third-order valence-corrected chi connectivity index (χ3v) is 4.99. The number of benzene rings is 3. The molecule has 0 aromatic heterocycles. The van der Waals surface area contributed by atoms with E-state index >= 15 is 0 Å². The Hall–Kier alpha value is -3.73. The Labute approximate surface area is 173 Å². The van der Waals surface area contributed by atoms with Crippen LogP contribution in [0.5, 0.6) is 11.5 Å². The van der Waals surface area contributed by atoms with E-state index in [1.807, 2.05) is 24.3 Å². The zero-order chi connectivity index (χ0) is 21.3. The SMILES string of the molecule is CCc1ccc(/C=C2\Oc3c(ccc(OC(=O)c4cccc(F)c4)c3C)C2=O)cc1. The van der Waals surface area contributed by atoms with Crippen molar-refractivity contribution >= 4 is 17.8 Å². The van der Waals surface area contributed by atoms with E-state index < -0.39 is 11.8 Å². The number of hydrogen-bond acceptors (Lipinski definition) is 4. The van der Waals surface area contributed by atoms with Crippen LogP contribution in [0.4, 0.5) is 4.39 Å². The van der Waals surface area contributed by atoms with Crippen molar-refractivity contribution in [3.63, 3.8) is 0 Å². The molecular formula is C25H19FO4.